The molecule has 0 unspecified atom stereocenters. The molecule has 0 atom stereocenters. The second-order valence-electron chi connectivity index (χ2n) is 4.17. The molecule has 0 radical (unpaired) electrons. The van der Waals surface area contributed by atoms with E-state index in [4.69, 9.17) is 5.73 Å². The molecule has 108 valence electrons. The Morgan fingerprint density at radius 2 is 1.95 bits per heavy atom. The second-order valence-corrected chi connectivity index (χ2v) is 4.17. The highest BCUT2D eigenvalue weighted by molar-refractivity contribution is 5.72. The van der Waals surface area contributed by atoms with Crippen molar-refractivity contribution in [1.29, 1.82) is 0 Å². The van der Waals surface area contributed by atoms with Gasteiger partial charge in [-0.2, -0.15) is 23.3 Å². The molecule has 3 N–H and O–H groups in total. The lowest BCUT2D eigenvalue weighted by molar-refractivity contribution is -0.136. The highest BCUT2D eigenvalue weighted by Gasteiger charge is 2.39. The molecule has 9 heteroatoms. The summed E-state index contributed by atoms with van der Waals surface area (Å²) in [6, 6.07) is 0. The predicted octanol–water partition coefficient (Wildman–Crippen LogP) is 1.83. The topological polar surface area (TPSA) is 81.7 Å². The Kier molecular flexibility index (Phi) is 3.28. The number of nitrogens with zero attached hydrogens (tertiary/aromatic N) is 4. The third-order valence-corrected chi connectivity index (χ3v) is 2.94. The summed E-state index contributed by atoms with van der Waals surface area (Å²) in [7, 11) is 2.98. The van der Waals surface area contributed by atoms with Gasteiger partial charge in [0.2, 0.25) is 5.95 Å². The summed E-state index contributed by atoms with van der Waals surface area (Å²) in [4.78, 5) is 7.34. The zero-order valence-corrected chi connectivity index (χ0v) is 11.1. The van der Waals surface area contributed by atoms with Gasteiger partial charge in [-0.1, -0.05) is 0 Å². The summed E-state index contributed by atoms with van der Waals surface area (Å²) in [6.45, 7) is 1.65. The maximum atomic E-state index is 13.3. The Bertz CT molecular complexity index is 646. The van der Waals surface area contributed by atoms with E-state index in [1.807, 2.05) is 0 Å². The van der Waals surface area contributed by atoms with E-state index in [1.165, 1.54) is 17.9 Å². The van der Waals surface area contributed by atoms with Gasteiger partial charge in [-0.3, -0.25) is 4.68 Å². The van der Waals surface area contributed by atoms with Crippen LogP contribution in [0.3, 0.4) is 0 Å². The third kappa shape index (κ3) is 2.26. The molecule has 0 saturated carbocycles. The molecule has 0 spiro atoms. The summed E-state index contributed by atoms with van der Waals surface area (Å²) in [6.07, 6.45) is -3.28. The first-order chi connectivity index (χ1) is 9.25. The van der Waals surface area contributed by atoms with Gasteiger partial charge in [0.1, 0.15) is 11.4 Å². The molecule has 20 heavy (non-hydrogen) atoms. The Morgan fingerprint density at radius 1 is 1.30 bits per heavy atom. The molecule has 0 fully saturated rings. The van der Waals surface area contributed by atoms with Crippen LogP contribution in [0.1, 0.15) is 11.3 Å². The Balaban J connectivity index is 2.81. The van der Waals surface area contributed by atoms with Crippen LogP contribution >= 0.6 is 0 Å². The molecule has 0 aliphatic heterocycles. The molecule has 0 aliphatic rings. The minimum absolute atomic E-state index is 0.236. The van der Waals surface area contributed by atoms with Crippen LogP contribution < -0.4 is 11.1 Å². The van der Waals surface area contributed by atoms with Crippen LogP contribution in [0.15, 0.2) is 6.20 Å². The van der Waals surface area contributed by atoms with E-state index < -0.39 is 11.7 Å². The SMILES string of the molecule is CNc1nc(N)nc(-c2cnn(C)c2C)c1C(F)(F)F. The number of hydrogen-bond donors (Lipinski definition) is 2. The van der Waals surface area contributed by atoms with Gasteiger partial charge in [-0.15, -0.1) is 0 Å². The van der Waals surface area contributed by atoms with E-state index in [0.29, 0.717) is 5.69 Å². The van der Waals surface area contributed by atoms with Gasteiger partial charge in [-0.25, -0.2) is 4.98 Å². The van der Waals surface area contributed by atoms with Crippen molar-refractivity contribution in [1.82, 2.24) is 19.7 Å². The van der Waals surface area contributed by atoms with Crippen LogP contribution in [0.25, 0.3) is 11.3 Å². The number of nitrogens with two attached hydrogens (primary N) is 1. The first-order valence-corrected chi connectivity index (χ1v) is 5.67. The number of nitrogen functional groups attached to an aromatic ring is 1. The van der Waals surface area contributed by atoms with Gasteiger partial charge >= 0.3 is 6.18 Å². The van der Waals surface area contributed by atoms with Crippen molar-refractivity contribution in [3.8, 4) is 11.3 Å². The van der Waals surface area contributed by atoms with Crippen molar-refractivity contribution in [2.45, 2.75) is 13.1 Å². The zero-order chi connectivity index (χ0) is 15.1. The molecule has 2 aromatic rings. The van der Waals surface area contributed by atoms with Crippen molar-refractivity contribution < 1.29 is 13.2 Å². The van der Waals surface area contributed by atoms with Gasteiger partial charge in [0.05, 0.1) is 11.9 Å². The van der Waals surface area contributed by atoms with Crippen LogP contribution in [0.2, 0.25) is 0 Å². The molecule has 2 rings (SSSR count). The summed E-state index contributed by atoms with van der Waals surface area (Å²) in [5.74, 6) is -0.594. The van der Waals surface area contributed by atoms with Crippen molar-refractivity contribution >= 4 is 11.8 Å². The highest BCUT2D eigenvalue weighted by Crippen LogP contribution is 2.40. The van der Waals surface area contributed by atoms with Crippen molar-refractivity contribution in [3.63, 3.8) is 0 Å². The maximum Gasteiger partial charge on any atom is 0.422 e. The lowest BCUT2D eigenvalue weighted by Crippen LogP contribution is -2.15. The summed E-state index contributed by atoms with van der Waals surface area (Å²) >= 11 is 0. The predicted molar refractivity (Wildman–Crippen MR) is 67.9 cm³/mol. The lowest BCUT2D eigenvalue weighted by Gasteiger charge is -2.16. The molecular weight excluding hydrogens is 273 g/mol. The maximum absolute atomic E-state index is 13.3. The molecule has 0 aromatic carbocycles. The highest BCUT2D eigenvalue weighted by atomic mass is 19.4. The zero-order valence-electron chi connectivity index (χ0n) is 11.1. The van der Waals surface area contributed by atoms with Crippen molar-refractivity contribution in [2.75, 3.05) is 18.1 Å². The van der Waals surface area contributed by atoms with E-state index in [-0.39, 0.29) is 23.0 Å². The normalized spacial score (nSPS) is 11.7. The van der Waals surface area contributed by atoms with Gasteiger partial charge in [0, 0.05) is 25.4 Å². The Labute approximate surface area is 112 Å². The number of anilines is 2. The molecular formula is C11H13F3N6. The number of alkyl halides is 3. The van der Waals surface area contributed by atoms with Crippen LogP contribution in [0, 0.1) is 6.92 Å². The standard InChI is InChI=1S/C11H13F3N6/c1-5-6(4-17-20(5)3)8-7(11(12,13)14)9(16-2)19-10(15)18-8/h4H,1-3H3,(H3,15,16,18,19). The largest absolute Gasteiger partial charge is 0.422 e. The average Bonchev–Trinajstić information content (AvgIpc) is 2.67. The van der Waals surface area contributed by atoms with E-state index >= 15 is 0 Å². The fourth-order valence-electron chi connectivity index (χ4n) is 1.85. The van der Waals surface area contributed by atoms with Gasteiger partial charge in [-0.05, 0) is 6.92 Å². The van der Waals surface area contributed by atoms with Crippen molar-refractivity contribution in [3.05, 3.63) is 17.5 Å². The number of aromatic nitrogens is 4. The third-order valence-electron chi connectivity index (χ3n) is 2.94. The first-order valence-electron chi connectivity index (χ1n) is 5.67. The molecule has 0 aliphatic carbocycles. The fourth-order valence-corrected chi connectivity index (χ4v) is 1.85. The molecule has 0 amide bonds. The fraction of sp³-hybridized carbons (Fsp3) is 0.364. The van der Waals surface area contributed by atoms with Crippen LogP contribution in [0.5, 0.6) is 0 Å². The second kappa shape index (κ2) is 4.66. The number of nitrogens with one attached hydrogen (secondary N) is 1. The first kappa shape index (κ1) is 14.1. The molecule has 6 nitrogen and oxygen atoms in total. The van der Waals surface area contributed by atoms with Crippen LogP contribution in [0.4, 0.5) is 24.9 Å². The minimum Gasteiger partial charge on any atom is -0.372 e. The smallest absolute Gasteiger partial charge is 0.372 e. The summed E-state index contributed by atoms with van der Waals surface area (Å²) < 4.78 is 41.3. The van der Waals surface area contributed by atoms with E-state index in [0.717, 1.165) is 0 Å². The summed E-state index contributed by atoms with van der Waals surface area (Å²) in [5, 5.41) is 6.33. The van der Waals surface area contributed by atoms with Crippen LogP contribution in [-0.4, -0.2) is 26.8 Å². The quantitative estimate of drug-likeness (QED) is 0.880. The van der Waals surface area contributed by atoms with Crippen LogP contribution in [-0.2, 0) is 13.2 Å². The van der Waals surface area contributed by atoms with Gasteiger partial charge in [0.25, 0.3) is 0 Å². The lowest BCUT2D eigenvalue weighted by atomic mass is 10.1. The Morgan fingerprint density at radius 3 is 2.40 bits per heavy atom. The molecule has 0 bridgehead atoms. The molecule has 2 heterocycles. The minimum atomic E-state index is -4.61. The number of rotatable bonds is 2. The van der Waals surface area contributed by atoms with Gasteiger partial charge < -0.3 is 11.1 Å². The van der Waals surface area contributed by atoms with E-state index in [9.17, 15) is 13.2 Å². The van der Waals surface area contributed by atoms with Gasteiger partial charge in [0.15, 0.2) is 0 Å². The molecule has 2 aromatic heterocycles. The Hall–Kier alpha value is -2.32. The monoisotopic (exact) mass is 286 g/mol. The van der Waals surface area contributed by atoms with E-state index in [1.54, 1.807) is 14.0 Å². The number of halogens is 3. The average molecular weight is 286 g/mol. The number of hydrogen-bond acceptors (Lipinski definition) is 5. The number of aryl methyl sites for hydroxylation is 1. The molecule has 0 saturated heterocycles. The van der Waals surface area contributed by atoms with E-state index in [2.05, 4.69) is 20.4 Å². The van der Waals surface area contributed by atoms with Crippen molar-refractivity contribution in [2.24, 2.45) is 7.05 Å². The summed E-state index contributed by atoms with van der Waals surface area (Å²) in [5.41, 5.74) is 5.07.